The van der Waals surface area contributed by atoms with Crippen molar-refractivity contribution in [2.75, 3.05) is 11.0 Å². The molecule has 0 fully saturated rings. The number of phenols is 1. The molecule has 11 heteroatoms. The second kappa shape index (κ2) is 10.5. The summed E-state index contributed by atoms with van der Waals surface area (Å²) >= 11 is 0. The van der Waals surface area contributed by atoms with E-state index in [0.29, 0.717) is 31.9 Å². The smallest absolute Gasteiger partial charge is 0.342 e. The lowest BCUT2D eigenvalue weighted by atomic mass is 10.0. The van der Waals surface area contributed by atoms with Crippen LogP contribution in [0.25, 0.3) is 6.08 Å². The van der Waals surface area contributed by atoms with Crippen molar-refractivity contribution in [1.82, 2.24) is 0 Å². The normalized spacial score (nSPS) is 21.2. The van der Waals surface area contributed by atoms with Gasteiger partial charge < -0.3 is 20.8 Å². The number of phenolic OH excluding ortho intramolecular Hbond substituents is 1. The summed E-state index contributed by atoms with van der Waals surface area (Å²) in [5.74, 6) is -1.24. The first-order chi connectivity index (χ1) is 12.9. The summed E-state index contributed by atoms with van der Waals surface area (Å²) in [6.07, 6.45) is 8.47. The molecule has 2 rings (SSSR count). The van der Waals surface area contributed by atoms with E-state index in [1.54, 1.807) is 25.2 Å². The second-order valence-electron chi connectivity index (χ2n) is 6.91. The third-order valence-corrected chi connectivity index (χ3v) is 4.58. The molecule has 30 heavy (non-hydrogen) atoms. The lowest BCUT2D eigenvalue weighted by Crippen LogP contribution is -2.38. The third kappa shape index (κ3) is 8.84. The van der Waals surface area contributed by atoms with Gasteiger partial charge in [0.25, 0.3) is 0 Å². The number of carbonyl (C=O) groups is 2. The molecule has 0 spiro atoms. The first kappa shape index (κ1) is 27.4. The van der Waals surface area contributed by atoms with Crippen LogP contribution in [0, 0.1) is 0 Å². The van der Waals surface area contributed by atoms with Gasteiger partial charge in [0.15, 0.2) is 15.6 Å². The summed E-state index contributed by atoms with van der Waals surface area (Å²) in [5, 5.41) is 10.3. The Morgan fingerprint density at radius 1 is 1.13 bits per heavy atom. The van der Waals surface area contributed by atoms with Crippen molar-refractivity contribution >= 4 is 33.3 Å². The Hall–Kier alpha value is -2.57. The molecule has 0 aliphatic carbocycles. The number of hydrogen-bond donors (Lipinski definition) is 4. The summed E-state index contributed by atoms with van der Waals surface area (Å²) in [4.78, 5) is 24.3. The fourth-order valence-electron chi connectivity index (χ4n) is 2.70. The Morgan fingerprint density at radius 2 is 1.80 bits per heavy atom. The zero-order chi connectivity index (χ0) is 21.0. The highest BCUT2D eigenvalue weighted by molar-refractivity contribution is 8.10. The van der Waals surface area contributed by atoms with Gasteiger partial charge in [-0.1, -0.05) is 18.2 Å². The van der Waals surface area contributed by atoms with Crippen molar-refractivity contribution in [3.8, 4) is 5.75 Å². The number of esters is 1. The second-order valence-corrected chi connectivity index (χ2v) is 9.58. The van der Waals surface area contributed by atoms with Crippen molar-refractivity contribution in [2.24, 2.45) is 0 Å². The molecule has 1 atom stereocenters. The Balaban J connectivity index is 0.00000420. The SMILES string of the molecule is C[C@H]1C/C=C\C(=O)CCC/C=C/c2cc(NS(C)(=O)(O)O)cc(O)c2C(=O)O1.O.O. The van der Waals surface area contributed by atoms with Crippen molar-refractivity contribution in [1.29, 1.82) is 0 Å². The van der Waals surface area contributed by atoms with Gasteiger partial charge in [0.2, 0.25) is 0 Å². The Kier molecular flexibility index (Phi) is 9.56. The number of hydrogen-bond acceptors (Lipinski definition) is 5. The predicted molar refractivity (Wildman–Crippen MR) is 115 cm³/mol. The van der Waals surface area contributed by atoms with Crippen LogP contribution in [0.4, 0.5) is 5.69 Å². The molecule has 0 radical (unpaired) electrons. The first-order valence-corrected chi connectivity index (χ1v) is 11.1. The van der Waals surface area contributed by atoms with Gasteiger partial charge in [0.05, 0.1) is 11.9 Å². The van der Waals surface area contributed by atoms with E-state index in [9.17, 15) is 28.0 Å². The van der Waals surface area contributed by atoms with Gasteiger partial charge in [-0.2, -0.15) is 0 Å². The van der Waals surface area contributed by atoms with Gasteiger partial charge in [-0.15, -0.1) is 0 Å². The van der Waals surface area contributed by atoms with Crippen molar-refractivity contribution in [3.63, 3.8) is 0 Å². The van der Waals surface area contributed by atoms with Crippen LogP contribution in [0.3, 0.4) is 0 Å². The Morgan fingerprint density at radius 3 is 2.43 bits per heavy atom. The van der Waals surface area contributed by atoms with E-state index in [2.05, 4.69) is 0 Å². The van der Waals surface area contributed by atoms with Crippen LogP contribution in [0.2, 0.25) is 0 Å². The predicted octanol–water partition coefficient (Wildman–Crippen LogP) is 1.72. The highest BCUT2D eigenvalue weighted by Gasteiger charge is 2.25. The van der Waals surface area contributed by atoms with E-state index in [0.717, 1.165) is 6.07 Å². The first-order valence-electron chi connectivity index (χ1n) is 8.77. The molecular weight excluding hydrogens is 418 g/mol. The fourth-order valence-corrected chi connectivity index (χ4v) is 3.36. The number of benzene rings is 1. The number of aromatic hydroxyl groups is 1. The fraction of sp³-hybridized carbons (Fsp3) is 0.368. The zero-order valence-corrected chi connectivity index (χ0v) is 17.6. The van der Waals surface area contributed by atoms with Crippen LogP contribution in [0.15, 0.2) is 30.4 Å². The summed E-state index contributed by atoms with van der Waals surface area (Å²) in [7, 11) is -5.08. The molecule has 1 aliphatic rings. The molecule has 0 bridgehead atoms. The molecule has 0 amide bonds. The topological polar surface area (TPSA) is 196 Å². The summed E-state index contributed by atoms with van der Waals surface area (Å²) in [5.41, 5.74) is 0.0990. The van der Waals surface area contributed by atoms with E-state index in [1.807, 2.05) is 4.72 Å². The van der Waals surface area contributed by atoms with Gasteiger partial charge in [0.1, 0.15) is 17.4 Å². The van der Waals surface area contributed by atoms with Crippen LogP contribution >= 0.6 is 0 Å². The molecule has 1 aliphatic heterocycles. The average Bonchev–Trinajstić information content (AvgIpc) is 2.50. The number of allylic oxidation sites excluding steroid dienone is 2. The number of anilines is 1. The van der Waals surface area contributed by atoms with Crippen molar-refractivity contribution in [2.45, 2.75) is 38.7 Å². The summed E-state index contributed by atoms with van der Waals surface area (Å²) < 4.78 is 38.1. The molecule has 1 aromatic carbocycles. The number of ether oxygens (including phenoxy) is 1. The van der Waals surface area contributed by atoms with E-state index < -0.39 is 27.6 Å². The number of ketones is 1. The minimum absolute atomic E-state index is 0. The maximum Gasteiger partial charge on any atom is 0.342 e. The summed E-state index contributed by atoms with van der Waals surface area (Å²) in [6, 6.07) is 2.40. The highest BCUT2D eigenvalue weighted by atomic mass is 32.3. The van der Waals surface area contributed by atoms with Crippen LogP contribution in [-0.2, 0) is 19.3 Å². The number of rotatable bonds is 2. The molecule has 0 saturated carbocycles. The molecule has 0 aromatic heterocycles. The van der Waals surface area contributed by atoms with Gasteiger partial charge >= 0.3 is 5.97 Å². The lowest BCUT2D eigenvalue weighted by molar-refractivity contribution is -0.114. The van der Waals surface area contributed by atoms with Crippen LogP contribution in [0.1, 0.15) is 48.5 Å². The van der Waals surface area contributed by atoms with Crippen LogP contribution in [0.5, 0.6) is 5.75 Å². The van der Waals surface area contributed by atoms with Gasteiger partial charge in [-0.25, -0.2) is 9.00 Å². The molecule has 1 heterocycles. The van der Waals surface area contributed by atoms with E-state index >= 15 is 0 Å². The van der Waals surface area contributed by atoms with Crippen LogP contribution < -0.4 is 4.72 Å². The highest BCUT2D eigenvalue weighted by Crippen LogP contribution is 2.31. The Labute approximate surface area is 174 Å². The standard InChI is InChI=1S/C19H25NO7S.2H2O/c1-13-7-6-10-16(21)9-5-3-4-8-14-11-15(20-28(2,24,25)26)12-17(22)18(14)19(23)27-13;;/h4,6,8,10-13,22H,3,5,7,9H2,1-2H3,(H3,20,24,25,26);2*1H2/b8-4+,10-6-;;/t13-;;/m0../s1. The number of carbonyl (C=O) groups excluding carboxylic acids is 2. The van der Waals surface area contributed by atoms with Gasteiger partial charge in [0, 0.05) is 18.9 Å². The Bertz CT molecular complexity index is 890. The number of cyclic esters (lactones) is 1. The average molecular weight is 448 g/mol. The maximum atomic E-state index is 12.5. The van der Waals surface area contributed by atoms with E-state index in [1.165, 1.54) is 12.1 Å². The monoisotopic (exact) mass is 447 g/mol. The lowest BCUT2D eigenvalue weighted by Gasteiger charge is -2.28. The third-order valence-electron chi connectivity index (χ3n) is 3.88. The van der Waals surface area contributed by atoms with Crippen LogP contribution in [-0.4, -0.2) is 53.5 Å². The van der Waals surface area contributed by atoms with Crippen molar-refractivity contribution < 1.29 is 43.7 Å². The molecule has 10 nitrogen and oxygen atoms in total. The van der Waals surface area contributed by atoms with Gasteiger partial charge in [-0.05, 0) is 37.5 Å². The molecule has 8 N–H and O–H groups in total. The van der Waals surface area contributed by atoms with Crippen molar-refractivity contribution in [3.05, 3.63) is 41.5 Å². The number of fused-ring (bicyclic) bond motifs is 1. The summed E-state index contributed by atoms with van der Waals surface area (Å²) in [6.45, 7) is 1.66. The van der Waals surface area contributed by atoms with Gasteiger partial charge in [-0.3, -0.25) is 18.6 Å². The minimum Gasteiger partial charge on any atom is -0.507 e. The van der Waals surface area contributed by atoms with E-state index in [4.69, 9.17) is 4.74 Å². The molecule has 1 aromatic rings. The molecular formula is C19H29NO9S. The quantitative estimate of drug-likeness (QED) is 0.495. The zero-order valence-electron chi connectivity index (χ0n) is 16.8. The van der Waals surface area contributed by atoms with E-state index in [-0.39, 0.29) is 33.5 Å². The molecule has 170 valence electrons. The molecule has 0 unspecified atom stereocenters. The molecule has 0 saturated heterocycles. The maximum absolute atomic E-state index is 12.5. The number of nitrogens with one attached hydrogen (secondary N) is 1. The largest absolute Gasteiger partial charge is 0.507 e. The minimum atomic E-state index is -5.08.